The van der Waals surface area contributed by atoms with Crippen molar-refractivity contribution in [1.29, 1.82) is 0 Å². The largest absolute Gasteiger partial charge is 0.355 e. The van der Waals surface area contributed by atoms with Gasteiger partial charge in [-0.15, -0.1) is 0 Å². The molecule has 5 nitrogen and oxygen atoms in total. The maximum absolute atomic E-state index is 4.62. The second-order valence-corrected chi connectivity index (χ2v) is 6.24. The molecule has 0 bridgehead atoms. The maximum atomic E-state index is 4.62. The van der Waals surface area contributed by atoms with E-state index in [9.17, 15) is 0 Å². The fourth-order valence-electron chi connectivity index (χ4n) is 2.03. The molecule has 0 saturated carbocycles. The van der Waals surface area contributed by atoms with Gasteiger partial charge in [-0.1, -0.05) is 20.8 Å². The van der Waals surface area contributed by atoms with Crippen molar-refractivity contribution in [2.24, 2.45) is 5.41 Å². The van der Waals surface area contributed by atoms with Crippen molar-refractivity contribution < 1.29 is 0 Å². The zero-order valence-electron chi connectivity index (χ0n) is 12.2. The minimum Gasteiger partial charge on any atom is -0.355 e. The third-order valence-corrected chi connectivity index (χ3v) is 3.08. The molecule has 2 rings (SSSR count). The van der Waals surface area contributed by atoms with E-state index in [2.05, 4.69) is 46.3 Å². The van der Waals surface area contributed by atoms with Crippen molar-refractivity contribution in [1.82, 2.24) is 15.3 Å². The summed E-state index contributed by atoms with van der Waals surface area (Å²) in [6.07, 6.45) is 3.00. The van der Waals surface area contributed by atoms with Crippen molar-refractivity contribution >= 4 is 11.8 Å². The first-order valence-corrected chi connectivity index (χ1v) is 7.07. The van der Waals surface area contributed by atoms with Crippen LogP contribution in [0.3, 0.4) is 0 Å². The molecule has 0 spiro atoms. The Morgan fingerprint density at radius 1 is 1.32 bits per heavy atom. The summed E-state index contributed by atoms with van der Waals surface area (Å²) in [5, 5.41) is 6.72. The Kier molecular flexibility index (Phi) is 4.58. The molecule has 106 valence electrons. The Hall–Kier alpha value is -1.36. The van der Waals surface area contributed by atoms with Gasteiger partial charge in [0, 0.05) is 32.4 Å². The Bertz CT molecular complexity index is 391. The monoisotopic (exact) mass is 263 g/mol. The molecule has 1 aliphatic heterocycles. The second kappa shape index (κ2) is 6.19. The first-order valence-electron chi connectivity index (χ1n) is 7.07. The van der Waals surface area contributed by atoms with E-state index >= 15 is 0 Å². The fourth-order valence-corrected chi connectivity index (χ4v) is 2.03. The smallest absolute Gasteiger partial charge is 0.224 e. The molecule has 1 aliphatic rings. The van der Waals surface area contributed by atoms with Crippen LogP contribution in [0.15, 0.2) is 12.3 Å². The van der Waals surface area contributed by atoms with E-state index in [4.69, 9.17) is 0 Å². The van der Waals surface area contributed by atoms with Gasteiger partial charge in [0.1, 0.15) is 5.82 Å². The third-order valence-electron chi connectivity index (χ3n) is 3.08. The van der Waals surface area contributed by atoms with Crippen molar-refractivity contribution in [2.45, 2.75) is 27.2 Å². The Morgan fingerprint density at radius 3 is 2.95 bits per heavy atom. The van der Waals surface area contributed by atoms with Crippen molar-refractivity contribution in [3.05, 3.63) is 12.3 Å². The number of nitrogens with zero attached hydrogens (tertiary/aromatic N) is 3. The highest BCUT2D eigenvalue weighted by Gasteiger charge is 2.13. The molecule has 0 aromatic carbocycles. The maximum Gasteiger partial charge on any atom is 0.224 e. The van der Waals surface area contributed by atoms with Crippen LogP contribution in [-0.2, 0) is 0 Å². The van der Waals surface area contributed by atoms with Crippen LogP contribution in [0.2, 0.25) is 0 Å². The fraction of sp³-hybridized carbons (Fsp3) is 0.714. The first kappa shape index (κ1) is 14.1. The molecule has 1 aromatic rings. The summed E-state index contributed by atoms with van der Waals surface area (Å²) in [5.41, 5.74) is 0.228. The van der Waals surface area contributed by atoms with Crippen LogP contribution in [0, 0.1) is 5.41 Å². The van der Waals surface area contributed by atoms with Gasteiger partial charge in [-0.2, -0.15) is 4.98 Å². The summed E-state index contributed by atoms with van der Waals surface area (Å²) >= 11 is 0. The molecule has 1 saturated heterocycles. The van der Waals surface area contributed by atoms with Crippen molar-refractivity contribution in [3.63, 3.8) is 0 Å². The predicted octanol–water partition coefficient (Wildman–Crippen LogP) is 1.73. The molecule has 1 fully saturated rings. The number of hydrogen-bond donors (Lipinski definition) is 2. The molecule has 0 amide bonds. The number of rotatable bonds is 3. The van der Waals surface area contributed by atoms with Gasteiger partial charge in [-0.3, -0.25) is 0 Å². The molecule has 0 atom stereocenters. The Labute approximate surface area is 115 Å². The highest BCUT2D eigenvalue weighted by molar-refractivity contribution is 5.42. The first-order chi connectivity index (χ1) is 9.04. The van der Waals surface area contributed by atoms with E-state index in [1.165, 1.54) is 0 Å². The summed E-state index contributed by atoms with van der Waals surface area (Å²) in [6.45, 7) is 11.7. The normalized spacial score (nSPS) is 17.1. The second-order valence-electron chi connectivity index (χ2n) is 6.24. The van der Waals surface area contributed by atoms with Crippen LogP contribution in [0.1, 0.15) is 27.2 Å². The van der Waals surface area contributed by atoms with E-state index < -0.39 is 0 Å². The molecule has 0 radical (unpaired) electrons. The summed E-state index contributed by atoms with van der Waals surface area (Å²) in [5.74, 6) is 1.75. The van der Waals surface area contributed by atoms with Gasteiger partial charge in [0.15, 0.2) is 0 Å². The van der Waals surface area contributed by atoms with Crippen LogP contribution in [-0.4, -0.2) is 42.7 Å². The molecule has 0 aliphatic carbocycles. The Balaban J connectivity index is 2.01. The lowest BCUT2D eigenvalue weighted by Gasteiger charge is -2.22. The van der Waals surface area contributed by atoms with Gasteiger partial charge < -0.3 is 15.5 Å². The number of hydrogen-bond acceptors (Lipinski definition) is 5. The summed E-state index contributed by atoms with van der Waals surface area (Å²) < 4.78 is 0. The van der Waals surface area contributed by atoms with E-state index in [1.54, 1.807) is 0 Å². The molecular weight excluding hydrogens is 238 g/mol. The zero-order chi connectivity index (χ0) is 13.7. The molecule has 5 heteroatoms. The minimum absolute atomic E-state index is 0.228. The lowest BCUT2D eigenvalue weighted by atomic mass is 9.97. The van der Waals surface area contributed by atoms with Gasteiger partial charge in [0.25, 0.3) is 0 Å². The zero-order valence-corrected chi connectivity index (χ0v) is 12.2. The van der Waals surface area contributed by atoms with Crippen LogP contribution < -0.4 is 15.5 Å². The van der Waals surface area contributed by atoms with Crippen LogP contribution in [0.4, 0.5) is 11.8 Å². The lowest BCUT2D eigenvalue weighted by Crippen LogP contribution is -2.29. The van der Waals surface area contributed by atoms with Gasteiger partial charge >= 0.3 is 0 Å². The van der Waals surface area contributed by atoms with Gasteiger partial charge in [0.05, 0.1) is 0 Å². The minimum atomic E-state index is 0.228. The van der Waals surface area contributed by atoms with Gasteiger partial charge in [-0.05, 0) is 24.4 Å². The van der Waals surface area contributed by atoms with Crippen LogP contribution >= 0.6 is 0 Å². The molecule has 1 aromatic heterocycles. The van der Waals surface area contributed by atoms with Crippen LogP contribution in [0.25, 0.3) is 0 Å². The average molecular weight is 263 g/mol. The Morgan fingerprint density at radius 2 is 2.16 bits per heavy atom. The quantitative estimate of drug-likeness (QED) is 0.870. The molecule has 2 heterocycles. The standard InChI is InChI=1S/C14H25N5/c1-14(2,3)11-17-13-16-7-5-12(18-13)19-9-4-6-15-8-10-19/h5,7,15H,4,6,8-11H2,1-3H3,(H,16,17,18). The lowest BCUT2D eigenvalue weighted by molar-refractivity contribution is 0.442. The van der Waals surface area contributed by atoms with Crippen LogP contribution in [0.5, 0.6) is 0 Å². The predicted molar refractivity (Wildman–Crippen MR) is 79.7 cm³/mol. The molecule has 19 heavy (non-hydrogen) atoms. The van der Waals surface area contributed by atoms with Crippen molar-refractivity contribution in [2.75, 3.05) is 42.9 Å². The summed E-state index contributed by atoms with van der Waals surface area (Å²) in [4.78, 5) is 11.2. The van der Waals surface area contributed by atoms with E-state index in [1.807, 2.05) is 12.3 Å². The summed E-state index contributed by atoms with van der Waals surface area (Å²) in [7, 11) is 0. The average Bonchev–Trinajstić information content (AvgIpc) is 2.65. The van der Waals surface area contributed by atoms with Gasteiger partial charge in [0.2, 0.25) is 5.95 Å². The van der Waals surface area contributed by atoms with E-state index in [0.717, 1.165) is 50.9 Å². The molecule has 2 N–H and O–H groups in total. The highest BCUT2D eigenvalue weighted by atomic mass is 15.2. The highest BCUT2D eigenvalue weighted by Crippen LogP contribution is 2.16. The third kappa shape index (κ3) is 4.67. The summed E-state index contributed by atoms with van der Waals surface area (Å²) in [6, 6.07) is 1.99. The van der Waals surface area contributed by atoms with E-state index in [-0.39, 0.29) is 5.41 Å². The number of aromatic nitrogens is 2. The SMILES string of the molecule is CC(C)(C)CNc1nccc(N2CCCNCC2)n1. The topological polar surface area (TPSA) is 53.1 Å². The number of anilines is 2. The number of nitrogens with one attached hydrogen (secondary N) is 2. The molecular formula is C14H25N5. The molecule has 0 unspecified atom stereocenters. The van der Waals surface area contributed by atoms with Gasteiger partial charge in [-0.25, -0.2) is 4.98 Å². The van der Waals surface area contributed by atoms with E-state index in [0.29, 0.717) is 0 Å². The van der Waals surface area contributed by atoms with Crippen molar-refractivity contribution in [3.8, 4) is 0 Å².